The summed E-state index contributed by atoms with van der Waals surface area (Å²) < 4.78 is 4.85. The molecule has 0 aromatic carbocycles. The molecule has 1 rings (SSSR count). The fourth-order valence-electron chi connectivity index (χ4n) is 0.632. The molecule has 9 heavy (non-hydrogen) atoms. The van der Waals surface area contributed by atoms with E-state index in [9.17, 15) is 4.79 Å². The summed E-state index contributed by atoms with van der Waals surface area (Å²) >= 11 is 0. The Labute approximate surface area is 52.8 Å². The number of hydrogen-bond acceptors (Lipinski definition) is 2. The summed E-state index contributed by atoms with van der Waals surface area (Å²) in [7, 11) is 0. The van der Waals surface area contributed by atoms with Crippen LogP contribution in [0.15, 0.2) is 0 Å². The van der Waals surface area contributed by atoms with Crippen molar-refractivity contribution in [3.8, 4) is 0 Å². The summed E-state index contributed by atoms with van der Waals surface area (Å²) in [6, 6.07) is -0.0671. The Kier molecular flexibility index (Phi) is 1.57. The van der Waals surface area contributed by atoms with Crippen molar-refractivity contribution in [3.63, 3.8) is 0 Å². The minimum Gasteiger partial charge on any atom is -0.465 e. The normalized spacial score (nSPS) is 27.0. The van der Waals surface area contributed by atoms with E-state index in [4.69, 9.17) is 9.84 Å². The molecule has 2 atom stereocenters. The molecule has 1 fully saturated rings. The predicted molar refractivity (Wildman–Crippen MR) is 30.4 cm³/mol. The van der Waals surface area contributed by atoms with Gasteiger partial charge in [-0.25, -0.2) is 4.79 Å². The van der Waals surface area contributed by atoms with E-state index in [2.05, 4.69) is 5.32 Å². The Morgan fingerprint density at radius 1 is 2.00 bits per heavy atom. The highest BCUT2D eigenvalue weighted by Gasteiger charge is 2.30. The van der Waals surface area contributed by atoms with Gasteiger partial charge in [0.2, 0.25) is 0 Å². The number of nitrogens with one attached hydrogen (secondary N) is 1. The molecule has 2 unspecified atom stereocenters. The van der Waals surface area contributed by atoms with Crippen molar-refractivity contribution in [1.29, 1.82) is 0 Å². The Balaban J connectivity index is 2.17. The van der Waals surface area contributed by atoms with Gasteiger partial charge in [-0.15, -0.1) is 0 Å². The fraction of sp³-hybridized carbons (Fsp3) is 0.800. The lowest BCUT2D eigenvalue weighted by molar-refractivity contribution is 0.187. The van der Waals surface area contributed by atoms with Gasteiger partial charge in [0, 0.05) is 0 Å². The molecule has 2 N–H and O–H groups in total. The number of ether oxygens (including phenoxy) is 1. The highest BCUT2D eigenvalue weighted by Crippen LogP contribution is 2.12. The maximum atomic E-state index is 9.98. The molecule has 4 heteroatoms. The van der Waals surface area contributed by atoms with E-state index in [1.807, 2.05) is 0 Å². The van der Waals surface area contributed by atoms with E-state index in [1.54, 1.807) is 6.92 Å². The van der Waals surface area contributed by atoms with Crippen LogP contribution in [0, 0.1) is 0 Å². The van der Waals surface area contributed by atoms with E-state index in [1.165, 1.54) is 0 Å². The quantitative estimate of drug-likeness (QED) is 0.520. The number of epoxide rings is 1. The van der Waals surface area contributed by atoms with Gasteiger partial charge in [0.25, 0.3) is 0 Å². The molecular weight excluding hydrogens is 122 g/mol. The molecule has 0 bridgehead atoms. The third-order valence-electron chi connectivity index (χ3n) is 1.27. The minimum atomic E-state index is -0.988. The number of carbonyl (C=O) groups is 1. The van der Waals surface area contributed by atoms with Crippen molar-refractivity contribution in [3.05, 3.63) is 0 Å². The summed E-state index contributed by atoms with van der Waals surface area (Å²) in [5, 5.41) is 10.5. The largest absolute Gasteiger partial charge is 0.465 e. The molecule has 52 valence electrons. The third kappa shape index (κ3) is 1.89. The number of amides is 1. The van der Waals surface area contributed by atoms with E-state index < -0.39 is 6.09 Å². The van der Waals surface area contributed by atoms with Crippen molar-refractivity contribution in [2.75, 3.05) is 6.61 Å². The van der Waals surface area contributed by atoms with Gasteiger partial charge in [-0.05, 0) is 6.92 Å². The zero-order chi connectivity index (χ0) is 6.85. The van der Waals surface area contributed by atoms with Gasteiger partial charge in [0.15, 0.2) is 0 Å². The first-order valence-electron chi connectivity index (χ1n) is 2.81. The zero-order valence-corrected chi connectivity index (χ0v) is 5.13. The lowest BCUT2D eigenvalue weighted by Gasteiger charge is -2.05. The summed E-state index contributed by atoms with van der Waals surface area (Å²) in [5.41, 5.74) is 0. The maximum Gasteiger partial charge on any atom is 0.404 e. The SMILES string of the molecule is CC(NC(=O)O)C1CO1. The second-order valence-electron chi connectivity index (χ2n) is 2.11. The Bertz CT molecular complexity index is 121. The summed E-state index contributed by atoms with van der Waals surface area (Å²) in [5.74, 6) is 0. The van der Waals surface area contributed by atoms with Gasteiger partial charge in [0.05, 0.1) is 12.6 Å². The molecule has 0 spiro atoms. The van der Waals surface area contributed by atoms with Crippen LogP contribution in [0.5, 0.6) is 0 Å². The summed E-state index contributed by atoms with van der Waals surface area (Å²) in [4.78, 5) is 9.98. The maximum absolute atomic E-state index is 9.98. The highest BCUT2D eigenvalue weighted by atomic mass is 16.6. The number of hydrogen-bond donors (Lipinski definition) is 2. The highest BCUT2D eigenvalue weighted by molar-refractivity contribution is 5.64. The molecule has 1 amide bonds. The second-order valence-corrected chi connectivity index (χ2v) is 2.11. The van der Waals surface area contributed by atoms with Crippen LogP contribution in [0.2, 0.25) is 0 Å². The van der Waals surface area contributed by atoms with E-state index >= 15 is 0 Å². The Morgan fingerprint density at radius 3 is 2.89 bits per heavy atom. The van der Waals surface area contributed by atoms with Crippen LogP contribution in [0.25, 0.3) is 0 Å². The number of rotatable bonds is 2. The Hall–Kier alpha value is -0.770. The van der Waals surface area contributed by atoms with Crippen LogP contribution < -0.4 is 5.32 Å². The molecule has 0 saturated carbocycles. The molecule has 1 heterocycles. The van der Waals surface area contributed by atoms with Gasteiger partial charge in [-0.2, -0.15) is 0 Å². The molecule has 0 aromatic rings. The zero-order valence-electron chi connectivity index (χ0n) is 5.13. The van der Waals surface area contributed by atoms with Crippen LogP contribution in [-0.2, 0) is 4.74 Å². The smallest absolute Gasteiger partial charge is 0.404 e. The Morgan fingerprint density at radius 2 is 2.56 bits per heavy atom. The van der Waals surface area contributed by atoms with Gasteiger partial charge < -0.3 is 15.2 Å². The van der Waals surface area contributed by atoms with Gasteiger partial charge in [0.1, 0.15) is 6.10 Å². The van der Waals surface area contributed by atoms with Crippen LogP contribution >= 0.6 is 0 Å². The van der Waals surface area contributed by atoms with Crippen molar-refractivity contribution >= 4 is 6.09 Å². The van der Waals surface area contributed by atoms with Gasteiger partial charge >= 0.3 is 6.09 Å². The van der Waals surface area contributed by atoms with Crippen LogP contribution in [0.3, 0.4) is 0 Å². The van der Waals surface area contributed by atoms with Gasteiger partial charge in [-0.1, -0.05) is 0 Å². The molecule has 0 radical (unpaired) electrons. The summed E-state index contributed by atoms with van der Waals surface area (Å²) in [6.45, 7) is 2.47. The average molecular weight is 131 g/mol. The second kappa shape index (κ2) is 2.23. The number of carboxylic acid groups (broad SMARTS) is 1. The summed E-state index contributed by atoms with van der Waals surface area (Å²) in [6.07, 6.45) is -0.876. The first kappa shape index (κ1) is 6.35. The first-order chi connectivity index (χ1) is 4.20. The third-order valence-corrected chi connectivity index (χ3v) is 1.27. The van der Waals surface area contributed by atoms with E-state index in [0.717, 1.165) is 0 Å². The van der Waals surface area contributed by atoms with Gasteiger partial charge in [-0.3, -0.25) is 0 Å². The van der Waals surface area contributed by atoms with Crippen molar-refractivity contribution in [1.82, 2.24) is 5.32 Å². The minimum absolute atomic E-state index is 0.0671. The van der Waals surface area contributed by atoms with Crippen LogP contribution in [0.1, 0.15) is 6.92 Å². The molecule has 0 aromatic heterocycles. The van der Waals surface area contributed by atoms with Crippen LogP contribution in [0.4, 0.5) is 4.79 Å². The first-order valence-corrected chi connectivity index (χ1v) is 2.81. The molecule has 0 aliphatic carbocycles. The monoisotopic (exact) mass is 131 g/mol. The molecule has 1 aliphatic rings. The van der Waals surface area contributed by atoms with Crippen molar-refractivity contribution in [2.45, 2.75) is 19.1 Å². The van der Waals surface area contributed by atoms with Crippen molar-refractivity contribution in [2.24, 2.45) is 0 Å². The topological polar surface area (TPSA) is 61.9 Å². The van der Waals surface area contributed by atoms with E-state index in [0.29, 0.717) is 6.61 Å². The molecular formula is C5H9NO3. The lowest BCUT2D eigenvalue weighted by Crippen LogP contribution is -2.35. The average Bonchev–Trinajstić information content (AvgIpc) is 2.40. The van der Waals surface area contributed by atoms with Crippen LogP contribution in [-0.4, -0.2) is 30.0 Å². The molecule has 1 saturated heterocycles. The van der Waals surface area contributed by atoms with Crippen molar-refractivity contribution < 1.29 is 14.6 Å². The lowest BCUT2D eigenvalue weighted by atomic mass is 10.3. The standard InChI is InChI=1S/C5H9NO3/c1-3(4-2-9-4)6-5(7)8/h3-4,6H,2H2,1H3,(H,7,8). The molecule has 1 aliphatic heterocycles. The molecule has 4 nitrogen and oxygen atoms in total. The fourth-order valence-corrected chi connectivity index (χ4v) is 0.632. The predicted octanol–water partition coefficient (Wildman–Crippen LogP) is 0.0413. The van der Waals surface area contributed by atoms with E-state index in [-0.39, 0.29) is 12.1 Å².